The molecule has 1 aromatic carbocycles. The third kappa shape index (κ3) is 3.04. The van der Waals surface area contributed by atoms with Gasteiger partial charge in [-0.2, -0.15) is 0 Å². The van der Waals surface area contributed by atoms with E-state index in [1.165, 1.54) is 24.9 Å². The number of halogens is 1. The lowest BCUT2D eigenvalue weighted by molar-refractivity contribution is 0.173. The van der Waals surface area contributed by atoms with E-state index in [4.69, 9.17) is 9.47 Å². The summed E-state index contributed by atoms with van der Waals surface area (Å²) in [5.74, 6) is 1.66. The van der Waals surface area contributed by atoms with E-state index in [0.29, 0.717) is 12.8 Å². The van der Waals surface area contributed by atoms with Crippen LogP contribution < -0.4 is 14.8 Å². The predicted molar refractivity (Wildman–Crippen MR) is 77.6 cm³/mol. The zero-order valence-corrected chi connectivity index (χ0v) is 12.7. The molecule has 1 aromatic rings. The molecule has 104 valence electrons. The van der Waals surface area contributed by atoms with Crippen molar-refractivity contribution in [2.24, 2.45) is 0 Å². The molecule has 1 atom stereocenters. The Hall–Kier alpha value is -0.780. The van der Waals surface area contributed by atoms with Crippen LogP contribution in [-0.2, 0) is 6.54 Å². The van der Waals surface area contributed by atoms with E-state index in [2.05, 4.69) is 45.3 Å². The third-order valence-electron chi connectivity index (χ3n) is 3.71. The molecule has 0 saturated carbocycles. The van der Waals surface area contributed by atoms with Crippen LogP contribution in [0.1, 0.15) is 18.4 Å². The van der Waals surface area contributed by atoms with Gasteiger partial charge in [0.1, 0.15) is 0 Å². The average Bonchev–Trinajstić information content (AvgIpc) is 2.85. The molecule has 0 aromatic heterocycles. The summed E-state index contributed by atoms with van der Waals surface area (Å²) < 4.78 is 11.8. The van der Waals surface area contributed by atoms with Gasteiger partial charge >= 0.3 is 0 Å². The highest BCUT2D eigenvalue weighted by atomic mass is 79.9. The maximum atomic E-state index is 5.44. The third-order valence-corrected chi connectivity index (χ3v) is 4.30. The second kappa shape index (κ2) is 5.69. The Bertz CT molecular complexity index is 467. The minimum absolute atomic E-state index is 0.318. The molecule has 1 N–H and O–H groups in total. The van der Waals surface area contributed by atoms with Crippen LogP contribution in [0.2, 0.25) is 0 Å². The number of nitrogens with one attached hydrogen (secondary N) is 1. The molecule has 0 amide bonds. The number of rotatable bonds is 3. The van der Waals surface area contributed by atoms with Crippen molar-refractivity contribution in [2.45, 2.75) is 25.4 Å². The largest absolute Gasteiger partial charge is 0.454 e. The van der Waals surface area contributed by atoms with E-state index in [0.717, 1.165) is 29.1 Å². The minimum atomic E-state index is 0.318. The number of ether oxygens (including phenoxy) is 2. The maximum Gasteiger partial charge on any atom is 0.231 e. The van der Waals surface area contributed by atoms with Gasteiger partial charge in [-0.3, -0.25) is 0 Å². The van der Waals surface area contributed by atoms with E-state index >= 15 is 0 Å². The lowest BCUT2D eigenvalue weighted by atomic mass is 10.1. The van der Waals surface area contributed by atoms with Crippen molar-refractivity contribution >= 4 is 15.9 Å². The Balaban J connectivity index is 1.62. The van der Waals surface area contributed by atoms with Crippen LogP contribution in [0.25, 0.3) is 0 Å². The highest BCUT2D eigenvalue weighted by Gasteiger charge is 2.19. The quantitative estimate of drug-likeness (QED) is 0.924. The van der Waals surface area contributed by atoms with Gasteiger partial charge < -0.3 is 19.7 Å². The van der Waals surface area contributed by atoms with Crippen LogP contribution in [-0.4, -0.2) is 37.9 Å². The number of hydrogen-bond donors (Lipinski definition) is 1. The lowest BCUT2D eigenvalue weighted by Crippen LogP contribution is -2.43. The summed E-state index contributed by atoms with van der Waals surface area (Å²) >= 11 is 3.53. The first-order valence-electron chi connectivity index (χ1n) is 6.72. The molecule has 0 bridgehead atoms. The summed E-state index contributed by atoms with van der Waals surface area (Å²) in [5, 5.41) is 3.63. The topological polar surface area (TPSA) is 33.7 Å². The fourth-order valence-electron chi connectivity index (χ4n) is 2.72. The van der Waals surface area contributed by atoms with Crippen molar-refractivity contribution in [3.8, 4) is 11.5 Å². The molecule has 19 heavy (non-hydrogen) atoms. The highest BCUT2D eigenvalue weighted by Crippen LogP contribution is 2.39. The summed E-state index contributed by atoms with van der Waals surface area (Å²) in [6.45, 7) is 3.53. The Kier molecular flexibility index (Phi) is 3.96. The normalized spacial score (nSPS) is 22.7. The van der Waals surface area contributed by atoms with Crippen molar-refractivity contribution in [3.63, 3.8) is 0 Å². The summed E-state index contributed by atoms with van der Waals surface area (Å²) in [6, 6.07) is 4.75. The van der Waals surface area contributed by atoms with Crippen LogP contribution in [0, 0.1) is 0 Å². The second-order valence-electron chi connectivity index (χ2n) is 5.29. The van der Waals surface area contributed by atoms with Crippen LogP contribution in [0.5, 0.6) is 11.5 Å². The molecule has 0 radical (unpaired) electrons. The van der Waals surface area contributed by atoms with Gasteiger partial charge in [0, 0.05) is 19.1 Å². The van der Waals surface area contributed by atoms with Gasteiger partial charge in [-0.15, -0.1) is 0 Å². The molecule has 1 fully saturated rings. The van der Waals surface area contributed by atoms with E-state index in [-0.39, 0.29) is 0 Å². The van der Waals surface area contributed by atoms with E-state index < -0.39 is 0 Å². The van der Waals surface area contributed by atoms with Crippen LogP contribution in [0.4, 0.5) is 0 Å². The molecule has 3 rings (SSSR count). The summed E-state index contributed by atoms with van der Waals surface area (Å²) in [5.41, 5.74) is 1.23. The van der Waals surface area contributed by atoms with E-state index in [9.17, 15) is 0 Å². The van der Waals surface area contributed by atoms with Gasteiger partial charge in [-0.05, 0) is 60.1 Å². The van der Waals surface area contributed by atoms with Gasteiger partial charge in [0.25, 0.3) is 0 Å². The van der Waals surface area contributed by atoms with Gasteiger partial charge in [0.2, 0.25) is 6.79 Å². The van der Waals surface area contributed by atoms with Gasteiger partial charge in [0.05, 0.1) is 4.47 Å². The molecular formula is C14H19BrN2O2. The average molecular weight is 327 g/mol. The van der Waals surface area contributed by atoms with Crippen molar-refractivity contribution in [3.05, 3.63) is 22.2 Å². The van der Waals surface area contributed by atoms with Gasteiger partial charge in [0.15, 0.2) is 11.5 Å². The molecule has 0 spiro atoms. The number of fused-ring (bicyclic) bond motifs is 1. The molecule has 5 heteroatoms. The van der Waals surface area contributed by atoms with Crippen LogP contribution >= 0.6 is 15.9 Å². The second-order valence-corrected chi connectivity index (χ2v) is 6.15. The molecule has 2 aliphatic rings. The molecule has 4 nitrogen and oxygen atoms in total. The first-order chi connectivity index (χ1) is 9.22. The molecule has 1 unspecified atom stereocenters. The number of hydrogen-bond acceptors (Lipinski definition) is 4. The van der Waals surface area contributed by atoms with Crippen molar-refractivity contribution in [1.82, 2.24) is 10.2 Å². The SMILES string of the molecule is CN1CCCC(NCc2cc(Br)c3c(c2)OCO3)C1. The molecule has 2 heterocycles. The smallest absolute Gasteiger partial charge is 0.231 e. The van der Waals surface area contributed by atoms with Crippen LogP contribution in [0.15, 0.2) is 16.6 Å². The number of likely N-dealkylation sites (N-methyl/N-ethyl adjacent to an activating group) is 1. The first kappa shape index (κ1) is 13.2. The van der Waals surface area contributed by atoms with Gasteiger partial charge in [-0.25, -0.2) is 0 Å². The Morgan fingerprint density at radius 1 is 1.42 bits per heavy atom. The molecular weight excluding hydrogens is 308 g/mol. The van der Waals surface area contributed by atoms with E-state index in [1.54, 1.807) is 0 Å². The summed E-state index contributed by atoms with van der Waals surface area (Å²) in [6.07, 6.45) is 2.54. The fraction of sp³-hybridized carbons (Fsp3) is 0.571. The number of benzene rings is 1. The predicted octanol–water partition coefficient (Wildman–Crippen LogP) is 2.36. The Labute approximate surface area is 122 Å². The zero-order valence-electron chi connectivity index (χ0n) is 11.1. The lowest BCUT2D eigenvalue weighted by Gasteiger charge is -2.30. The summed E-state index contributed by atoms with van der Waals surface area (Å²) in [4.78, 5) is 2.39. The van der Waals surface area contributed by atoms with Crippen molar-refractivity contribution in [2.75, 3.05) is 26.9 Å². The number of likely N-dealkylation sites (tertiary alicyclic amines) is 1. The molecule has 0 aliphatic carbocycles. The summed E-state index contributed by atoms with van der Waals surface area (Å²) in [7, 11) is 2.19. The first-order valence-corrected chi connectivity index (χ1v) is 7.51. The van der Waals surface area contributed by atoms with Crippen molar-refractivity contribution in [1.29, 1.82) is 0 Å². The van der Waals surface area contributed by atoms with Crippen LogP contribution in [0.3, 0.4) is 0 Å². The zero-order chi connectivity index (χ0) is 13.2. The van der Waals surface area contributed by atoms with Gasteiger partial charge in [-0.1, -0.05) is 0 Å². The number of nitrogens with zero attached hydrogens (tertiary/aromatic N) is 1. The Morgan fingerprint density at radius 3 is 3.16 bits per heavy atom. The standard InChI is InChI=1S/C14H19BrN2O2/c1-17-4-2-3-11(8-17)16-7-10-5-12(15)14-13(6-10)18-9-19-14/h5-6,11,16H,2-4,7-9H2,1H3. The fourth-order valence-corrected chi connectivity index (χ4v) is 3.32. The maximum absolute atomic E-state index is 5.44. The molecule has 1 saturated heterocycles. The van der Waals surface area contributed by atoms with Crippen molar-refractivity contribution < 1.29 is 9.47 Å². The minimum Gasteiger partial charge on any atom is -0.454 e. The molecule has 2 aliphatic heterocycles. The Morgan fingerprint density at radius 2 is 2.32 bits per heavy atom. The number of piperidine rings is 1. The highest BCUT2D eigenvalue weighted by molar-refractivity contribution is 9.10. The monoisotopic (exact) mass is 326 g/mol. The van der Waals surface area contributed by atoms with E-state index in [1.807, 2.05) is 0 Å².